The molecule has 4 rings (SSSR count). The average molecular weight is 367 g/mol. The highest BCUT2D eigenvalue weighted by Gasteiger charge is 2.30. The average Bonchev–Trinajstić information content (AvgIpc) is 3.03. The van der Waals surface area contributed by atoms with Crippen LogP contribution >= 0.6 is 11.6 Å². The van der Waals surface area contributed by atoms with E-state index in [-0.39, 0.29) is 18.0 Å². The van der Waals surface area contributed by atoms with Gasteiger partial charge in [0.15, 0.2) is 0 Å². The normalized spacial score (nSPS) is 19.6. The fourth-order valence-corrected chi connectivity index (χ4v) is 3.55. The third-order valence-electron chi connectivity index (χ3n) is 4.71. The van der Waals surface area contributed by atoms with E-state index in [0.717, 1.165) is 16.8 Å². The number of aromatic nitrogens is 1. The fourth-order valence-electron chi connectivity index (χ4n) is 3.42. The zero-order valence-electron chi connectivity index (χ0n) is 14.3. The van der Waals surface area contributed by atoms with Crippen LogP contribution in [-0.2, 0) is 11.2 Å². The molecule has 0 aliphatic carbocycles. The number of H-pyrrole nitrogens is 1. The van der Waals surface area contributed by atoms with Crippen LogP contribution in [0, 0.1) is 0 Å². The summed E-state index contributed by atoms with van der Waals surface area (Å²) in [6.45, 7) is 2.06. The van der Waals surface area contributed by atoms with E-state index in [4.69, 9.17) is 11.6 Å². The van der Waals surface area contributed by atoms with Crippen molar-refractivity contribution >= 4 is 34.6 Å². The maximum Gasteiger partial charge on any atom is 0.257 e. The highest BCUT2D eigenvalue weighted by Crippen LogP contribution is 2.31. The molecule has 0 spiro atoms. The molecule has 1 aliphatic heterocycles. The van der Waals surface area contributed by atoms with Gasteiger partial charge in [-0.25, -0.2) is 5.43 Å². The Balaban J connectivity index is 1.48. The first-order chi connectivity index (χ1) is 12.6. The minimum Gasteiger partial charge on any atom is -0.357 e. The third-order valence-corrected chi connectivity index (χ3v) is 4.97. The van der Waals surface area contributed by atoms with E-state index in [9.17, 15) is 4.79 Å². The Kier molecular flexibility index (Phi) is 4.49. The molecular formula is C20H19ClN4O. The van der Waals surface area contributed by atoms with E-state index in [1.165, 1.54) is 10.9 Å². The molecule has 0 bridgehead atoms. The Morgan fingerprint density at radius 1 is 1.23 bits per heavy atom. The number of carbonyl (C=O) groups excluding carboxylic acids is 1. The second-order valence-electron chi connectivity index (χ2n) is 6.49. The molecule has 5 nitrogen and oxygen atoms in total. The summed E-state index contributed by atoms with van der Waals surface area (Å²) in [4.78, 5) is 16.0. The number of para-hydroxylation sites is 1. The van der Waals surface area contributed by atoms with Gasteiger partial charge < -0.3 is 4.98 Å². The van der Waals surface area contributed by atoms with Crippen molar-refractivity contribution in [2.24, 2.45) is 5.10 Å². The van der Waals surface area contributed by atoms with Crippen LogP contribution in [0.4, 0.5) is 0 Å². The molecule has 3 aromatic rings. The van der Waals surface area contributed by atoms with Crippen LogP contribution in [-0.4, -0.2) is 23.1 Å². The molecular weight excluding hydrogens is 348 g/mol. The number of nitrogens with zero attached hydrogens (tertiary/aromatic N) is 1. The first kappa shape index (κ1) is 16.8. The van der Waals surface area contributed by atoms with Gasteiger partial charge in [0.25, 0.3) is 5.91 Å². The zero-order valence-corrected chi connectivity index (χ0v) is 15.0. The lowest BCUT2D eigenvalue weighted by Gasteiger charge is -2.27. The van der Waals surface area contributed by atoms with Gasteiger partial charge in [-0.1, -0.05) is 41.9 Å². The Hall–Kier alpha value is -2.63. The number of hydrazone groups is 1. The fraction of sp³-hybridized carbons (Fsp3) is 0.200. The van der Waals surface area contributed by atoms with Gasteiger partial charge in [0.1, 0.15) is 0 Å². The quantitative estimate of drug-likeness (QED) is 0.490. The number of aromatic amines is 1. The first-order valence-electron chi connectivity index (χ1n) is 8.56. The first-order valence-corrected chi connectivity index (χ1v) is 8.93. The van der Waals surface area contributed by atoms with Gasteiger partial charge in [0.05, 0.1) is 12.3 Å². The number of nitrogens with one attached hydrogen (secondary N) is 3. The molecule has 3 N–H and O–H groups in total. The van der Waals surface area contributed by atoms with Gasteiger partial charge in [-0.05, 0) is 42.7 Å². The lowest BCUT2D eigenvalue weighted by molar-refractivity contribution is -0.123. The van der Waals surface area contributed by atoms with E-state index < -0.39 is 0 Å². The minimum atomic E-state index is -0.320. The number of amides is 1. The molecule has 2 aromatic carbocycles. The predicted octanol–water partition coefficient (Wildman–Crippen LogP) is 3.55. The summed E-state index contributed by atoms with van der Waals surface area (Å²) in [7, 11) is 0. The Morgan fingerprint density at radius 3 is 2.81 bits per heavy atom. The van der Waals surface area contributed by atoms with Gasteiger partial charge in [0, 0.05) is 27.7 Å². The molecule has 1 aliphatic rings. The lowest BCUT2D eigenvalue weighted by atomic mass is 9.94. The van der Waals surface area contributed by atoms with E-state index in [0.29, 0.717) is 11.4 Å². The van der Waals surface area contributed by atoms with Crippen LogP contribution in [0.2, 0.25) is 5.02 Å². The molecule has 1 amide bonds. The third kappa shape index (κ3) is 3.23. The second-order valence-corrected chi connectivity index (χ2v) is 6.93. The summed E-state index contributed by atoms with van der Waals surface area (Å²) in [5.41, 5.74) is 6.97. The van der Waals surface area contributed by atoms with Crippen LogP contribution in [0.5, 0.6) is 0 Å². The summed E-state index contributed by atoms with van der Waals surface area (Å²) < 4.78 is 0. The van der Waals surface area contributed by atoms with Crippen molar-refractivity contribution < 1.29 is 4.79 Å². The van der Waals surface area contributed by atoms with Gasteiger partial charge in [-0.15, -0.1) is 0 Å². The van der Waals surface area contributed by atoms with Crippen molar-refractivity contribution in [2.75, 3.05) is 0 Å². The number of benzene rings is 2. The molecule has 132 valence electrons. The standard InChI is InChI=1S/C20H19ClN4O/c1-12-19-16(15-4-2-3-5-17(15)24-19)10-18(23-12)20(26)25-22-11-13-6-8-14(21)9-7-13/h2-9,11-12,18,23-24H,10H2,1H3,(H,25,26)/b22-11+/t12?,18-/m1/s1. The Morgan fingerprint density at radius 2 is 2.00 bits per heavy atom. The molecule has 0 saturated carbocycles. The maximum absolute atomic E-state index is 12.5. The minimum absolute atomic E-state index is 0.0714. The Labute approximate surface area is 156 Å². The zero-order chi connectivity index (χ0) is 18.1. The molecule has 1 aromatic heterocycles. The van der Waals surface area contributed by atoms with Gasteiger partial charge in [-0.3, -0.25) is 10.1 Å². The molecule has 2 atom stereocenters. The molecule has 2 heterocycles. The van der Waals surface area contributed by atoms with Gasteiger partial charge in [0.2, 0.25) is 0 Å². The summed E-state index contributed by atoms with van der Waals surface area (Å²) in [6.07, 6.45) is 2.24. The van der Waals surface area contributed by atoms with Crippen molar-refractivity contribution in [1.82, 2.24) is 15.7 Å². The van der Waals surface area contributed by atoms with E-state index in [1.54, 1.807) is 18.3 Å². The SMILES string of the molecule is CC1N[C@@H](C(=O)N/N=C/c2ccc(Cl)cc2)Cc2c1[nH]c1ccccc21. The lowest BCUT2D eigenvalue weighted by Crippen LogP contribution is -2.47. The molecule has 26 heavy (non-hydrogen) atoms. The molecule has 0 fully saturated rings. The number of hydrogen-bond acceptors (Lipinski definition) is 3. The van der Waals surface area contributed by atoms with Crippen molar-refractivity contribution in [1.29, 1.82) is 0 Å². The van der Waals surface area contributed by atoms with Crippen molar-refractivity contribution in [3.8, 4) is 0 Å². The molecule has 0 saturated heterocycles. The van der Waals surface area contributed by atoms with Crippen LogP contribution in [0.1, 0.15) is 29.8 Å². The van der Waals surface area contributed by atoms with Crippen molar-refractivity contribution in [2.45, 2.75) is 25.4 Å². The molecule has 6 heteroatoms. The summed E-state index contributed by atoms with van der Waals surface area (Å²) in [6, 6.07) is 15.2. The van der Waals surface area contributed by atoms with Crippen LogP contribution in [0.25, 0.3) is 10.9 Å². The van der Waals surface area contributed by atoms with Gasteiger partial charge in [-0.2, -0.15) is 5.10 Å². The highest BCUT2D eigenvalue weighted by atomic mass is 35.5. The number of rotatable bonds is 3. The second kappa shape index (κ2) is 6.94. The number of fused-ring (bicyclic) bond motifs is 3. The van der Waals surface area contributed by atoms with Gasteiger partial charge >= 0.3 is 0 Å². The Bertz CT molecular complexity index is 977. The van der Waals surface area contributed by atoms with E-state index in [1.807, 2.05) is 24.3 Å². The van der Waals surface area contributed by atoms with E-state index in [2.05, 4.69) is 39.9 Å². The number of hydrogen-bond donors (Lipinski definition) is 3. The summed E-state index contributed by atoms with van der Waals surface area (Å²) in [5, 5.41) is 9.26. The van der Waals surface area contributed by atoms with Crippen LogP contribution < -0.4 is 10.7 Å². The smallest absolute Gasteiger partial charge is 0.257 e. The molecule has 1 unspecified atom stereocenters. The number of carbonyl (C=O) groups is 1. The summed E-state index contributed by atoms with van der Waals surface area (Å²) in [5.74, 6) is -0.141. The molecule has 0 radical (unpaired) electrons. The predicted molar refractivity (Wildman–Crippen MR) is 105 cm³/mol. The van der Waals surface area contributed by atoms with Crippen LogP contribution in [0.3, 0.4) is 0 Å². The largest absolute Gasteiger partial charge is 0.357 e. The number of halogens is 1. The van der Waals surface area contributed by atoms with Crippen molar-refractivity contribution in [3.63, 3.8) is 0 Å². The highest BCUT2D eigenvalue weighted by molar-refractivity contribution is 6.30. The van der Waals surface area contributed by atoms with Crippen molar-refractivity contribution in [3.05, 3.63) is 70.4 Å². The van der Waals surface area contributed by atoms with E-state index >= 15 is 0 Å². The summed E-state index contributed by atoms with van der Waals surface area (Å²) >= 11 is 5.86. The topological polar surface area (TPSA) is 69.3 Å². The maximum atomic E-state index is 12.5. The van der Waals surface area contributed by atoms with Crippen LogP contribution in [0.15, 0.2) is 53.6 Å². The monoisotopic (exact) mass is 366 g/mol.